The van der Waals surface area contributed by atoms with Crippen molar-refractivity contribution in [3.8, 4) is 0 Å². The molecule has 17 nitrogen and oxygen atoms in total. The summed E-state index contributed by atoms with van der Waals surface area (Å²) in [4.78, 5) is 73.0. The molecule has 0 aromatic rings. The van der Waals surface area contributed by atoms with E-state index < -0.39 is 97.5 Å². The molecule has 0 heterocycles. The maximum atomic E-state index is 13.1. The van der Waals surface area contributed by atoms with Crippen LogP contribution in [0.3, 0.4) is 0 Å². The third-order valence-corrected chi connectivity index (χ3v) is 20.9. The van der Waals surface area contributed by atoms with Gasteiger partial charge in [-0.1, -0.05) is 375 Å². The van der Waals surface area contributed by atoms with Crippen LogP contribution in [0, 0.1) is 11.8 Å². The average molecular weight is 1470 g/mol. The first-order chi connectivity index (χ1) is 48.4. The molecule has 0 saturated heterocycles. The van der Waals surface area contributed by atoms with E-state index in [4.69, 9.17) is 37.0 Å². The number of aliphatic hydroxyl groups excluding tert-OH is 1. The first-order valence-corrected chi connectivity index (χ1v) is 45.0. The van der Waals surface area contributed by atoms with Crippen LogP contribution < -0.4 is 0 Å². The van der Waals surface area contributed by atoms with Crippen molar-refractivity contribution in [3.05, 3.63) is 0 Å². The van der Waals surface area contributed by atoms with Gasteiger partial charge in [0.25, 0.3) is 0 Å². The van der Waals surface area contributed by atoms with Crippen LogP contribution in [0.2, 0.25) is 0 Å². The molecule has 5 atom stereocenters. The lowest BCUT2D eigenvalue weighted by Crippen LogP contribution is -2.30. The quantitative estimate of drug-likeness (QED) is 0.0222. The first-order valence-electron chi connectivity index (χ1n) is 42.0. The minimum Gasteiger partial charge on any atom is -0.462 e. The number of unbranched alkanes of at least 4 members (excludes halogenated alkanes) is 50. The van der Waals surface area contributed by atoms with Gasteiger partial charge < -0.3 is 33.8 Å². The monoisotopic (exact) mass is 1470 g/mol. The summed E-state index contributed by atoms with van der Waals surface area (Å²) in [6.07, 6.45) is 62.3. The van der Waals surface area contributed by atoms with Crippen LogP contribution in [0.25, 0.3) is 0 Å². The zero-order valence-corrected chi connectivity index (χ0v) is 67.3. The Hall–Kier alpha value is -1.94. The topological polar surface area (TPSA) is 237 Å². The molecule has 100 heavy (non-hydrogen) atoms. The van der Waals surface area contributed by atoms with E-state index in [0.717, 1.165) is 102 Å². The SMILES string of the molecule is CCCCCCCCCCCCCCCCCCC(=O)OC[C@H](COP(=O)(O)OC[C@@H](O)COP(=O)(O)OC[C@@H](COC(=O)CCCCCCCCCCCC(C)C)OC(=O)CCCCCCCCCCCCCCC)OC(=O)CCCCCCCCCCCCCCCCCCC(C)C. The number of rotatable bonds is 80. The number of phosphoric ester groups is 2. The summed E-state index contributed by atoms with van der Waals surface area (Å²) in [6.45, 7) is 9.65. The Kier molecular flexibility index (Phi) is 71.2. The summed E-state index contributed by atoms with van der Waals surface area (Å²) in [6, 6.07) is 0. The smallest absolute Gasteiger partial charge is 0.462 e. The summed E-state index contributed by atoms with van der Waals surface area (Å²) >= 11 is 0. The van der Waals surface area contributed by atoms with Crippen molar-refractivity contribution < 1.29 is 80.2 Å². The lowest BCUT2D eigenvalue weighted by molar-refractivity contribution is -0.161. The van der Waals surface area contributed by atoms with E-state index in [1.165, 1.54) is 244 Å². The molecule has 594 valence electrons. The molecule has 0 spiro atoms. The molecule has 0 saturated carbocycles. The van der Waals surface area contributed by atoms with Gasteiger partial charge in [0, 0.05) is 25.7 Å². The standard InChI is InChI=1S/C81H158O17P2/c1-7-9-11-13-15-17-19-21-22-26-30-33-39-45-51-57-63-78(83)91-69-76(97-81(86)66-60-54-48-41-35-31-27-24-23-25-29-32-37-43-49-55-61-73(3)4)71-95-99(87,88)93-67-75(82)68-94-100(89,90)96-72-77(70-92-79(84)64-58-52-46-42-36-38-44-50-56-62-74(5)6)98-80(85)65-59-53-47-40-34-28-20-18-16-14-12-10-8-2/h73-77,82H,7-72H2,1-6H3,(H,87,88)(H,89,90)/t75-,76-,77-/m1/s1. The Morgan fingerprint density at radius 2 is 0.460 bits per heavy atom. The van der Waals surface area contributed by atoms with Crippen molar-refractivity contribution in [1.82, 2.24) is 0 Å². The number of hydrogen-bond acceptors (Lipinski definition) is 15. The van der Waals surface area contributed by atoms with E-state index in [-0.39, 0.29) is 25.7 Å². The number of carbonyl (C=O) groups is 4. The van der Waals surface area contributed by atoms with Gasteiger partial charge in [0.15, 0.2) is 12.2 Å². The highest BCUT2D eigenvalue weighted by Crippen LogP contribution is 2.45. The van der Waals surface area contributed by atoms with Crippen LogP contribution >= 0.6 is 15.6 Å². The molecule has 0 aromatic carbocycles. The molecule has 0 amide bonds. The first kappa shape index (κ1) is 98.1. The fraction of sp³-hybridized carbons (Fsp3) is 0.951. The average Bonchev–Trinajstić information content (AvgIpc) is 1.10. The Balaban J connectivity index is 5.25. The highest BCUT2D eigenvalue weighted by atomic mass is 31.2. The number of hydrogen-bond donors (Lipinski definition) is 3. The molecule has 0 bridgehead atoms. The van der Waals surface area contributed by atoms with E-state index in [2.05, 4.69) is 41.5 Å². The van der Waals surface area contributed by atoms with Crippen LogP contribution in [0.4, 0.5) is 0 Å². The largest absolute Gasteiger partial charge is 0.472 e. The predicted molar refractivity (Wildman–Crippen MR) is 409 cm³/mol. The van der Waals surface area contributed by atoms with Gasteiger partial charge in [0.1, 0.15) is 19.3 Å². The Bertz CT molecular complexity index is 1920. The van der Waals surface area contributed by atoms with Crippen molar-refractivity contribution in [2.75, 3.05) is 39.6 Å². The van der Waals surface area contributed by atoms with Gasteiger partial charge >= 0.3 is 39.5 Å². The van der Waals surface area contributed by atoms with E-state index in [0.29, 0.717) is 25.7 Å². The molecular formula is C81H158O17P2. The van der Waals surface area contributed by atoms with Crippen LogP contribution in [-0.2, 0) is 65.4 Å². The maximum absolute atomic E-state index is 13.1. The van der Waals surface area contributed by atoms with E-state index in [1.807, 2.05) is 0 Å². The summed E-state index contributed by atoms with van der Waals surface area (Å²) in [5, 5.41) is 10.6. The number of ether oxygens (including phenoxy) is 4. The highest BCUT2D eigenvalue weighted by Gasteiger charge is 2.30. The summed E-state index contributed by atoms with van der Waals surface area (Å²) in [5.74, 6) is -0.553. The van der Waals surface area contributed by atoms with Gasteiger partial charge in [-0.2, -0.15) is 0 Å². The molecule has 2 unspecified atom stereocenters. The fourth-order valence-electron chi connectivity index (χ4n) is 12.5. The summed E-state index contributed by atoms with van der Waals surface area (Å²) < 4.78 is 68.7. The van der Waals surface area contributed by atoms with Gasteiger partial charge in [0.2, 0.25) is 0 Å². The molecule has 0 aromatic heterocycles. The lowest BCUT2D eigenvalue weighted by atomic mass is 10.0. The van der Waals surface area contributed by atoms with E-state index in [9.17, 15) is 43.2 Å². The number of carbonyl (C=O) groups excluding carboxylic acids is 4. The molecule has 0 fully saturated rings. The van der Waals surface area contributed by atoms with Gasteiger partial charge in [0.05, 0.1) is 26.4 Å². The number of esters is 4. The van der Waals surface area contributed by atoms with Crippen molar-refractivity contribution >= 4 is 39.5 Å². The Morgan fingerprint density at radius 3 is 0.680 bits per heavy atom. The van der Waals surface area contributed by atoms with Crippen LogP contribution in [0.5, 0.6) is 0 Å². The molecule has 0 radical (unpaired) electrons. The maximum Gasteiger partial charge on any atom is 0.472 e. The second-order valence-corrected chi connectivity index (χ2v) is 33.0. The second-order valence-electron chi connectivity index (χ2n) is 30.1. The Labute approximate surface area is 613 Å². The number of aliphatic hydroxyl groups is 1. The minimum atomic E-state index is -4.96. The summed E-state index contributed by atoms with van der Waals surface area (Å²) in [7, 11) is -9.92. The molecule has 19 heteroatoms. The second kappa shape index (κ2) is 72.6. The van der Waals surface area contributed by atoms with E-state index in [1.54, 1.807) is 0 Å². The molecule has 0 rings (SSSR count). The molecule has 3 N–H and O–H groups in total. The third-order valence-electron chi connectivity index (χ3n) is 19.0. The van der Waals surface area contributed by atoms with Gasteiger partial charge in [-0.25, -0.2) is 9.13 Å². The zero-order valence-electron chi connectivity index (χ0n) is 65.5. The lowest BCUT2D eigenvalue weighted by Gasteiger charge is -2.21. The van der Waals surface area contributed by atoms with Crippen LogP contribution in [-0.4, -0.2) is 96.7 Å². The fourth-order valence-corrected chi connectivity index (χ4v) is 14.1. The molecule has 0 aliphatic heterocycles. The number of phosphoric acid groups is 2. The molecule has 0 aliphatic carbocycles. The van der Waals surface area contributed by atoms with Crippen LogP contribution in [0.15, 0.2) is 0 Å². The highest BCUT2D eigenvalue weighted by molar-refractivity contribution is 7.47. The van der Waals surface area contributed by atoms with Gasteiger partial charge in [-0.05, 0) is 37.5 Å². The van der Waals surface area contributed by atoms with Crippen LogP contribution in [0.1, 0.15) is 427 Å². The van der Waals surface area contributed by atoms with Gasteiger partial charge in [-0.3, -0.25) is 37.3 Å². The van der Waals surface area contributed by atoms with Crippen molar-refractivity contribution in [3.63, 3.8) is 0 Å². The van der Waals surface area contributed by atoms with Crippen molar-refractivity contribution in [1.29, 1.82) is 0 Å². The zero-order chi connectivity index (χ0) is 73.5. The third kappa shape index (κ3) is 74.3. The molecule has 0 aliphatic rings. The summed E-state index contributed by atoms with van der Waals surface area (Å²) in [5.41, 5.74) is 0. The molecular weight excluding hydrogens is 1310 g/mol. The Morgan fingerprint density at radius 1 is 0.270 bits per heavy atom. The minimum absolute atomic E-state index is 0.108. The van der Waals surface area contributed by atoms with Crippen molar-refractivity contribution in [2.24, 2.45) is 11.8 Å². The van der Waals surface area contributed by atoms with Crippen molar-refractivity contribution in [2.45, 2.75) is 445 Å². The predicted octanol–water partition coefficient (Wildman–Crippen LogP) is 24.3. The normalized spacial score (nSPS) is 13.9. The van der Waals surface area contributed by atoms with Gasteiger partial charge in [-0.15, -0.1) is 0 Å². The van der Waals surface area contributed by atoms with E-state index >= 15 is 0 Å².